The lowest BCUT2D eigenvalue weighted by atomic mass is 10.3. The Labute approximate surface area is 58.3 Å². The Morgan fingerprint density at radius 2 is 1.30 bits per heavy atom. The van der Waals surface area contributed by atoms with Crippen LogP contribution in [0.15, 0.2) is 18.2 Å². The summed E-state index contributed by atoms with van der Waals surface area (Å²) in [5, 5.41) is 0. The van der Waals surface area contributed by atoms with Crippen LogP contribution in [0.5, 0.6) is 0 Å². The van der Waals surface area contributed by atoms with Gasteiger partial charge in [-0.1, -0.05) is 6.07 Å². The van der Waals surface area contributed by atoms with E-state index in [0.717, 1.165) is 18.2 Å². The van der Waals surface area contributed by atoms with Crippen molar-refractivity contribution in [3.05, 3.63) is 35.7 Å². The lowest BCUT2D eigenvalue weighted by Crippen LogP contribution is -1.86. The summed E-state index contributed by atoms with van der Waals surface area (Å²) >= 11 is 0. The molecule has 0 unspecified atom stereocenters. The largest absolute Gasteiger partial charge is 0.204 e. The predicted octanol–water partition coefficient (Wildman–Crippen LogP) is 0.920. The normalized spacial score (nSPS) is 8.70. The molecule has 0 aliphatic heterocycles. The quantitative estimate of drug-likeness (QED) is 0.377. The summed E-state index contributed by atoms with van der Waals surface area (Å²) in [7, 11) is 0. The van der Waals surface area contributed by atoms with Gasteiger partial charge in [0.25, 0.3) is 0 Å². The maximum Gasteiger partial charge on any atom is 0.194 e. The molecule has 54 valence electrons. The summed E-state index contributed by atoms with van der Waals surface area (Å²) < 4.78 is 35.9. The van der Waals surface area contributed by atoms with E-state index in [-0.39, 0.29) is 8.41 Å². The maximum atomic E-state index is 12.0. The first-order chi connectivity index (χ1) is 4.22. The Morgan fingerprint density at radius 3 is 1.60 bits per heavy atom. The zero-order valence-electron chi connectivity index (χ0n) is 4.37. The molecule has 0 radical (unpaired) electrons. The Morgan fingerprint density at radius 1 is 0.900 bits per heavy atom. The highest BCUT2D eigenvalue weighted by Gasteiger charge is 2.04. The summed E-state index contributed by atoms with van der Waals surface area (Å²) in [5.74, 6) is -3.73. The van der Waals surface area contributed by atoms with Crippen LogP contribution in [0.2, 0.25) is 0 Å². The van der Waals surface area contributed by atoms with Crippen molar-refractivity contribution < 1.29 is 13.2 Å². The zero-order chi connectivity index (χ0) is 6.85. The lowest BCUT2D eigenvalue weighted by Gasteiger charge is -1.90. The third kappa shape index (κ3) is 1.53. The van der Waals surface area contributed by atoms with E-state index in [1.165, 1.54) is 0 Å². The van der Waals surface area contributed by atoms with E-state index in [1.807, 2.05) is 0 Å². The van der Waals surface area contributed by atoms with Crippen LogP contribution in [0, 0.1) is 17.5 Å². The fourth-order valence-electron chi connectivity index (χ4n) is 0.477. The maximum absolute atomic E-state index is 12.0. The Balaban J connectivity index is 0.000000810. The molecule has 0 nitrogen and oxygen atoms in total. The predicted molar refractivity (Wildman–Crippen MR) is 36.3 cm³/mol. The summed E-state index contributed by atoms with van der Waals surface area (Å²) in [5.41, 5.74) is 0. The van der Waals surface area contributed by atoms with Gasteiger partial charge in [-0.25, -0.2) is 13.2 Å². The number of hydrogen-bond donors (Lipinski definition) is 0. The lowest BCUT2D eigenvalue weighted by molar-refractivity contribution is 0.447. The van der Waals surface area contributed by atoms with Gasteiger partial charge in [-0.15, -0.1) is 0 Å². The second-order valence-electron chi connectivity index (χ2n) is 1.54. The van der Waals surface area contributed by atoms with Gasteiger partial charge in [-0.3, -0.25) is 0 Å². The number of rotatable bonds is 0. The molecule has 0 heterocycles. The monoisotopic (exact) mass is 146 g/mol. The summed E-state index contributed by atoms with van der Waals surface area (Å²) in [6.45, 7) is 0. The molecule has 0 spiro atoms. The molecule has 0 atom stereocenters. The molecule has 1 aromatic rings. The molecule has 0 saturated carbocycles. The molecule has 0 fully saturated rings. The number of halogens is 3. The molecule has 0 saturated heterocycles. The van der Waals surface area contributed by atoms with Gasteiger partial charge < -0.3 is 0 Å². The highest BCUT2D eigenvalue weighted by molar-refractivity contribution is 5.75. The second-order valence-corrected chi connectivity index (χ2v) is 1.54. The third-order valence-corrected chi connectivity index (χ3v) is 0.904. The first-order valence-corrected chi connectivity index (χ1v) is 2.31. The van der Waals surface area contributed by atoms with E-state index in [1.54, 1.807) is 0 Å². The van der Waals surface area contributed by atoms with Crippen LogP contribution in [-0.2, 0) is 0 Å². The van der Waals surface area contributed by atoms with Crippen molar-refractivity contribution in [3.63, 3.8) is 0 Å². The van der Waals surface area contributed by atoms with Crippen LogP contribution in [0.3, 0.4) is 0 Å². The van der Waals surface area contributed by atoms with Crippen molar-refractivity contribution in [3.8, 4) is 0 Å². The molecule has 0 aliphatic rings. The highest BCUT2D eigenvalue weighted by atomic mass is 19.2. The van der Waals surface area contributed by atoms with Gasteiger partial charge in [-0.05, 0) is 12.1 Å². The van der Waals surface area contributed by atoms with Crippen molar-refractivity contribution >= 4 is 8.41 Å². The number of benzene rings is 1. The molecule has 0 aliphatic carbocycles. The fourth-order valence-corrected chi connectivity index (χ4v) is 0.477. The van der Waals surface area contributed by atoms with E-state index in [0.29, 0.717) is 0 Å². The van der Waals surface area contributed by atoms with Gasteiger partial charge in [0.15, 0.2) is 17.5 Å². The standard InChI is InChI=1S/C6H3F3.BH3/c7-4-2-1-3-5(8)6(4)9;/h1-3H;1H3. The van der Waals surface area contributed by atoms with Gasteiger partial charge in [0.2, 0.25) is 0 Å². The van der Waals surface area contributed by atoms with Gasteiger partial charge in [0.05, 0.1) is 8.41 Å². The molecule has 0 bridgehead atoms. The molecule has 0 N–H and O–H groups in total. The Hall–Kier alpha value is -0.925. The second kappa shape index (κ2) is 3.30. The summed E-state index contributed by atoms with van der Waals surface area (Å²) in [6, 6.07) is 2.82. The van der Waals surface area contributed by atoms with Gasteiger partial charge in [-0.2, -0.15) is 0 Å². The zero-order valence-corrected chi connectivity index (χ0v) is 4.37. The minimum atomic E-state index is -1.42. The molecule has 0 amide bonds. The van der Waals surface area contributed by atoms with Crippen LogP contribution in [0.1, 0.15) is 0 Å². The van der Waals surface area contributed by atoms with Crippen molar-refractivity contribution in [2.24, 2.45) is 0 Å². The number of hydrogen-bond acceptors (Lipinski definition) is 0. The minimum absolute atomic E-state index is 0. The molecular formula is C6H6BF3. The molecule has 1 aromatic carbocycles. The van der Waals surface area contributed by atoms with E-state index in [4.69, 9.17) is 0 Å². The van der Waals surface area contributed by atoms with Crippen molar-refractivity contribution in [2.75, 3.05) is 0 Å². The summed E-state index contributed by atoms with van der Waals surface area (Å²) in [4.78, 5) is 0. The summed E-state index contributed by atoms with van der Waals surface area (Å²) in [6.07, 6.45) is 0. The molecule has 10 heavy (non-hydrogen) atoms. The fraction of sp³-hybridized carbons (Fsp3) is 0. The van der Waals surface area contributed by atoms with Crippen LogP contribution in [-0.4, -0.2) is 8.41 Å². The molecule has 0 aromatic heterocycles. The minimum Gasteiger partial charge on any atom is -0.204 e. The third-order valence-electron chi connectivity index (χ3n) is 0.904. The van der Waals surface area contributed by atoms with Gasteiger partial charge in [0, 0.05) is 0 Å². The van der Waals surface area contributed by atoms with Crippen LogP contribution < -0.4 is 0 Å². The van der Waals surface area contributed by atoms with E-state index >= 15 is 0 Å². The SMILES string of the molecule is B.Fc1cccc(F)c1F. The molecule has 4 heteroatoms. The van der Waals surface area contributed by atoms with E-state index in [2.05, 4.69) is 0 Å². The highest BCUT2D eigenvalue weighted by Crippen LogP contribution is 2.07. The first-order valence-electron chi connectivity index (χ1n) is 2.31. The van der Waals surface area contributed by atoms with Crippen LogP contribution in [0.25, 0.3) is 0 Å². The van der Waals surface area contributed by atoms with E-state index in [9.17, 15) is 13.2 Å². The topological polar surface area (TPSA) is 0 Å². The Kier molecular flexibility index (Phi) is 2.99. The van der Waals surface area contributed by atoms with Crippen molar-refractivity contribution in [2.45, 2.75) is 0 Å². The van der Waals surface area contributed by atoms with Gasteiger partial charge >= 0.3 is 0 Å². The van der Waals surface area contributed by atoms with Crippen molar-refractivity contribution in [1.29, 1.82) is 0 Å². The smallest absolute Gasteiger partial charge is 0.194 e. The molecule has 1 rings (SSSR count). The average molecular weight is 146 g/mol. The van der Waals surface area contributed by atoms with Crippen LogP contribution >= 0.6 is 0 Å². The average Bonchev–Trinajstić information content (AvgIpc) is 1.83. The van der Waals surface area contributed by atoms with Crippen molar-refractivity contribution in [1.82, 2.24) is 0 Å². The van der Waals surface area contributed by atoms with E-state index < -0.39 is 17.5 Å². The first kappa shape index (κ1) is 9.07. The van der Waals surface area contributed by atoms with Crippen LogP contribution in [0.4, 0.5) is 13.2 Å². The van der Waals surface area contributed by atoms with Gasteiger partial charge in [0.1, 0.15) is 0 Å². The molecular weight excluding hydrogens is 140 g/mol. The Bertz CT molecular complexity index is 204.